The average molecular weight is 480 g/mol. The maximum Gasteiger partial charge on any atom is 0.262 e. The SMILES string of the molecule is CCOc1cc(CNCCNCCO)cc(Br)c1OCC(=O)Nc1ccc(C)cc1. The zero-order valence-electron chi connectivity index (χ0n) is 17.5. The molecule has 0 radical (unpaired) electrons. The Morgan fingerprint density at radius 2 is 1.80 bits per heavy atom. The van der Waals surface area contributed by atoms with Gasteiger partial charge in [0.05, 0.1) is 17.7 Å². The molecule has 0 unspecified atom stereocenters. The van der Waals surface area contributed by atoms with Gasteiger partial charge < -0.3 is 30.5 Å². The molecule has 0 atom stereocenters. The predicted octanol–water partition coefficient (Wildman–Crippen LogP) is 2.85. The van der Waals surface area contributed by atoms with E-state index in [2.05, 4.69) is 31.9 Å². The Morgan fingerprint density at radius 3 is 2.50 bits per heavy atom. The van der Waals surface area contributed by atoms with Crippen molar-refractivity contribution in [3.63, 3.8) is 0 Å². The highest BCUT2D eigenvalue weighted by molar-refractivity contribution is 9.10. The van der Waals surface area contributed by atoms with Gasteiger partial charge in [0.1, 0.15) is 0 Å². The largest absolute Gasteiger partial charge is 0.490 e. The molecule has 164 valence electrons. The highest BCUT2D eigenvalue weighted by atomic mass is 79.9. The smallest absolute Gasteiger partial charge is 0.262 e. The van der Waals surface area contributed by atoms with Crippen LogP contribution < -0.4 is 25.4 Å². The summed E-state index contributed by atoms with van der Waals surface area (Å²) in [6, 6.07) is 11.5. The number of amides is 1. The van der Waals surface area contributed by atoms with Crippen LogP contribution in [0.4, 0.5) is 5.69 Å². The summed E-state index contributed by atoms with van der Waals surface area (Å²) in [5.74, 6) is 0.851. The van der Waals surface area contributed by atoms with Gasteiger partial charge in [-0.1, -0.05) is 17.7 Å². The second-order valence-corrected chi connectivity index (χ2v) is 7.55. The van der Waals surface area contributed by atoms with Crippen LogP contribution in [-0.2, 0) is 11.3 Å². The van der Waals surface area contributed by atoms with E-state index in [9.17, 15) is 4.79 Å². The summed E-state index contributed by atoms with van der Waals surface area (Å²) in [6.07, 6.45) is 0. The fourth-order valence-electron chi connectivity index (χ4n) is 2.71. The number of aliphatic hydroxyl groups is 1. The number of carbonyl (C=O) groups is 1. The van der Waals surface area contributed by atoms with Gasteiger partial charge in [0, 0.05) is 31.9 Å². The van der Waals surface area contributed by atoms with Crippen molar-refractivity contribution < 1.29 is 19.4 Å². The zero-order chi connectivity index (χ0) is 21.8. The van der Waals surface area contributed by atoms with Gasteiger partial charge in [0.2, 0.25) is 0 Å². The van der Waals surface area contributed by atoms with E-state index in [0.717, 1.165) is 34.4 Å². The first-order valence-electron chi connectivity index (χ1n) is 10.00. The van der Waals surface area contributed by atoms with Crippen molar-refractivity contribution in [3.05, 3.63) is 52.0 Å². The first-order chi connectivity index (χ1) is 14.5. The van der Waals surface area contributed by atoms with E-state index in [-0.39, 0.29) is 19.1 Å². The topological polar surface area (TPSA) is 91.8 Å². The predicted molar refractivity (Wildman–Crippen MR) is 122 cm³/mol. The number of ether oxygens (including phenoxy) is 2. The van der Waals surface area contributed by atoms with Crippen LogP contribution >= 0.6 is 15.9 Å². The number of halogens is 1. The molecule has 0 aliphatic heterocycles. The van der Waals surface area contributed by atoms with Crippen molar-refractivity contribution in [2.75, 3.05) is 44.8 Å². The molecule has 2 aromatic carbocycles. The van der Waals surface area contributed by atoms with E-state index < -0.39 is 0 Å². The standard InChI is InChI=1S/C22H30BrN3O4/c1-3-29-20-13-17(14-25-9-8-24-10-11-27)12-19(23)22(20)30-15-21(28)26-18-6-4-16(2)5-7-18/h4-7,12-13,24-25,27H,3,8-11,14-15H2,1-2H3,(H,26,28). The lowest BCUT2D eigenvalue weighted by molar-refractivity contribution is -0.118. The molecule has 7 nitrogen and oxygen atoms in total. The van der Waals surface area contributed by atoms with Crippen LogP contribution in [0.2, 0.25) is 0 Å². The van der Waals surface area contributed by atoms with E-state index >= 15 is 0 Å². The molecule has 8 heteroatoms. The average Bonchev–Trinajstić information content (AvgIpc) is 2.72. The van der Waals surface area contributed by atoms with Crippen molar-refractivity contribution >= 4 is 27.5 Å². The highest BCUT2D eigenvalue weighted by Gasteiger charge is 2.14. The Morgan fingerprint density at radius 1 is 1.07 bits per heavy atom. The minimum absolute atomic E-state index is 0.124. The van der Waals surface area contributed by atoms with E-state index in [1.807, 2.05) is 50.2 Å². The molecular formula is C22H30BrN3O4. The molecule has 0 spiro atoms. The van der Waals surface area contributed by atoms with Crippen molar-refractivity contribution in [1.29, 1.82) is 0 Å². The van der Waals surface area contributed by atoms with Crippen LogP contribution in [0.25, 0.3) is 0 Å². The molecule has 0 bridgehead atoms. The molecule has 2 aromatic rings. The number of hydrogen-bond donors (Lipinski definition) is 4. The van der Waals surface area contributed by atoms with Crippen LogP contribution in [-0.4, -0.2) is 50.5 Å². The number of benzene rings is 2. The lowest BCUT2D eigenvalue weighted by atomic mass is 10.2. The number of aliphatic hydroxyl groups excluding tert-OH is 1. The van der Waals surface area contributed by atoms with Gasteiger partial charge >= 0.3 is 0 Å². The molecule has 0 fully saturated rings. The number of rotatable bonds is 13. The third-order valence-electron chi connectivity index (χ3n) is 4.15. The van der Waals surface area contributed by atoms with Gasteiger partial charge in [-0.3, -0.25) is 4.79 Å². The maximum absolute atomic E-state index is 12.2. The van der Waals surface area contributed by atoms with Gasteiger partial charge in [-0.2, -0.15) is 0 Å². The van der Waals surface area contributed by atoms with Crippen molar-refractivity contribution in [2.45, 2.75) is 20.4 Å². The third kappa shape index (κ3) is 8.31. The monoisotopic (exact) mass is 479 g/mol. The lowest BCUT2D eigenvalue weighted by Crippen LogP contribution is -2.28. The molecule has 0 saturated heterocycles. The normalized spacial score (nSPS) is 10.7. The molecular weight excluding hydrogens is 450 g/mol. The number of nitrogens with one attached hydrogen (secondary N) is 3. The summed E-state index contributed by atoms with van der Waals surface area (Å²) in [5.41, 5.74) is 2.89. The van der Waals surface area contributed by atoms with Gasteiger partial charge in [-0.15, -0.1) is 0 Å². The van der Waals surface area contributed by atoms with Crippen LogP contribution in [0.5, 0.6) is 11.5 Å². The van der Waals surface area contributed by atoms with Crippen molar-refractivity contribution in [1.82, 2.24) is 10.6 Å². The Hall–Kier alpha value is -2.13. The zero-order valence-corrected chi connectivity index (χ0v) is 19.0. The van der Waals surface area contributed by atoms with E-state index in [0.29, 0.717) is 31.2 Å². The summed E-state index contributed by atoms with van der Waals surface area (Å²) < 4.78 is 12.2. The first-order valence-corrected chi connectivity index (χ1v) is 10.8. The molecule has 0 aliphatic rings. The number of anilines is 1. The second kappa shape index (κ2) is 13.2. The fraction of sp³-hybridized carbons (Fsp3) is 0.409. The quantitative estimate of drug-likeness (QED) is 0.330. The Balaban J connectivity index is 1.93. The highest BCUT2D eigenvalue weighted by Crippen LogP contribution is 2.37. The number of aryl methyl sites for hydroxylation is 1. The summed E-state index contributed by atoms with van der Waals surface area (Å²) in [6.45, 7) is 7.19. The van der Waals surface area contributed by atoms with Gasteiger partial charge in [-0.25, -0.2) is 0 Å². The molecule has 4 N–H and O–H groups in total. The third-order valence-corrected chi connectivity index (χ3v) is 4.74. The van der Waals surface area contributed by atoms with E-state index in [4.69, 9.17) is 14.6 Å². The van der Waals surface area contributed by atoms with Crippen molar-refractivity contribution in [2.24, 2.45) is 0 Å². The minimum Gasteiger partial charge on any atom is -0.490 e. The molecule has 1 amide bonds. The van der Waals surface area contributed by atoms with Gasteiger partial charge in [-0.05, 0) is 59.6 Å². The minimum atomic E-state index is -0.241. The van der Waals surface area contributed by atoms with Gasteiger partial charge in [0.15, 0.2) is 18.1 Å². The van der Waals surface area contributed by atoms with Crippen LogP contribution in [0.3, 0.4) is 0 Å². The summed E-state index contributed by atoms with van der Waals surface area (Å²) in [4.78, 5) is 12.2. The molecule has 0 saturated carbocycles. The lowest BCUT2D eigenvalue weighted by Gasteiger charge is -2.16. The van der Waals surface area contributed by atoms with Crippen LogP contribution in [0.1, 0.15) is 18.1 Å². The van der Waals surface area contributed by atoms with Crippen LogP contribution in [0.15, 0.2) is 40.9 Å². The van der Waals surface area contributed by atoms with E-state index in [1.165, 1.54) is 0 Å². The summed E-state index contributed by atoms with van der Waals surface area (Å²) in [7, 11) is 0. The van der Waals surface area contributed by atoms with Crippen molar-refractivity contribution in [3.8, 4) is 11.5 Å². The summed E-state index contributed by atoms with van der Waals surface area (Å²) in [5, 5.41) is 18.0. The first kappa shape index (κ1) is 24.1. The molecule has 2 rings (SSSR count). The Bertz CT molecular complexity index is 800. The molecule has 0 heterocycles. The van der Waals surface area contributed by atoms with Crippen LogP contribution in [0, 0.1) is 6.92 Å². The molecule has 0 aliphatic carbocycles. The Kier molecular flexibility index (Phi) is 10.6. The Labute approximate surface area is 186 Å². The van der Waals surface area contributed by atoms with E-state index in [1.54, 1.807) is 0 Å². The number of carbonyl (C=O) groups excluding carboxylic acids is 1. The maximum atomic E-state index is 12.2. The van der Waals surface area contributed by atoms with Gasteiger partial charge in [0.25, 0.3) is 5.91 Å². The molecule has 30 heavy (non-hydrogen) atoms. The second-order valence-electron chi connectivity index (χ2n) is 6.69. The fourth-order valence-corrected chi connectivity index (χ4v) is 3.32. The molecule has 0 aromatic heterocycles. The summed E-state index contributed by atoms with van der Waals surface area (Å²) >= 11 is 3.53. The number of hydrogen-bond acceptors (Lipinski definition) is 6.